The van der Waals surface area contributed by atoms with Crippen LogP contribution in [0, 0.1) is 5.92 Å². The van der Waals surface area contributed by atoms with Crippen molar-refractivity contribution in [2.45, 2.75) is 19.3 Å². The molecule has 1 saturated heterocycles. The summed E-state index contributed by atoms with van der Waals surface area (Å²) in [4.78, 5) is 28.9. The third-order valence-electron chi connectivity index (χ3n) is 3.78. The number of primary amides is 1. The van der Waals surface area contributed by atoms with Crippen LogP contribution in [0.25, 0.3) is 0 Å². The summed E-state index contributed by atoms with van der Waals surface area (Å²) in [6.45, 7) is 1.47. The van der Waals surface area contributed by atoms with Gasteiger partial charge in [0.25, 0.3) is 0 Å². The highest BCUT2D eigenvalue weighted by atomic mass is 16.5. The van der Waals surface area contributed by atoms with Gasteiger partial charge < -0.3 is 21.1 Å². The van der Waals surface area contributed by atoms with Gasteiger partial charge in [0, 0.05) is 25.7 Å². The monoisotopic (exact) mass is 292 g/mol. The van der Waals surface area contributed by atoms with Gasteiger partial charge in [0.2, 0.25) is 5.91 Å². The van der Waals surface area contributed by atoms with Crippen LogP contribution in [0.1, 0.15) is 29.6 Å². The van der Waals surface area contributed by atoms with Crippen molar-refractivity contribution >= 4 is 23.4 Å². The van der Waals surface area contributed by atoms with Crippen molar-refractivity contribution in [3.8, 4) is 0 Å². The predicted octanol–water partition coefficient (Wildman–Crippen LogP) is 0.542. The maximum absolute atomic E-state index is 11.6. The highest BCUT2D eigenvalue weighted by Crippen LogP contribution is 2.29. The van der Waals surface area contributed by atoms with Crippen LogP contribution in [0.2, 0.25) is 0 Å². The molecule has 7 nitrogen and oxygen atoms in total. The van der Waals surface area contributed by atoms with Gasteiger partial charge in [-0.05, 0) is 24.8 Å². The zero-order valence-corrected chi connectivity index (χ0v) is 12.0. The van der Waals surface area contributed by atoms with Gasteiger partial charge in [-0.25, -0.2) is 9.78 Å². The average molecular weight is 292 g/mol. The van der Waals surface area contributed by atoms with Gasteiger partial charge in [-0.2, -0.15) is 0 Å². The summed E-state index contributed by atoms with van der Waals surface area (Å²) in [7, 11) is 1.32. The van der Waals surface area contributed by atoms with Gasteiger partial charge in [-0.1, -0.05) is 0 Å². The maximum atomic E-state index is 11.6. The number of carbonyl (C=O) groups excluding carboxylic acids is 2. The summed E-state index contributed by atoms with van der Waals surface area (Å²) in [6.07, 6.45) is 3.67. The minimum atomic E-state index is -0.472. The Morgan fingerprint density at radius 1 is 1.43 bits per heavy atom. The number of hydrogen-bond donors (Lipinski definition) is 2. The number of pyridine rings is 1. The summed E-state index contributed by atoms with van der Waals surface area (Å²) in [5.74, 6) is 0.165. The lowest BCUT2D eigenvalue weighted by atomic mass is 9.93. The third-order valence-corrected chi connectivity index (χ3v) is 3.78. The Morgan fingerprint density at radius 2 is 2.10 bits per heavy atom. The molecule has 0 atom stereocenters. The second-order valence-corrected chi connectivity index (χ2v) is 5.19. The Labute approximate surface area is 123 Å². The number of piperidine rings is 1. The van der Waals surface area contributed by atoms with Crippen molar-refractivity contribution in [1.29, 1.82) is 0 Å². The van der Waals surface area contributed by atoms with Crippen LogP contribution in [-0.2, 0) is 9.53 Å². The second-order valence-electron chi connectivity index (χ2n) is 5.19. The van der Waals surface area contributed by atoms with Crippen molar-refractivity contribution < 1.29 is 14.3 Å². The highest BCUT2D eigenvalue weighted by Gasteiger charge is 2.24. The van der Waals surface area contributed by atoms with Crippen molar-refractivity contribution in [2.24, 2.45) is 11.7 Å². The molecule has 0 bridgehead atoms. The van der Waals surface area contributed by atoms with Crippen LogP contribution in [-0.4, -0.2) is 37.1 Å². The quantitative estimate of drug-likeness (QED) is 0.783. The molecule has 1 aromatic heterocycles. The molecule has 1 aromatic rings. The van der Waals surface area contributed by atoms with E-state index in [2.05, 4.69) is 4.98 Å². The Balaban J connectivity index is 2.10. The Kier molecular flexibility index (Phi) is 4.62. The zero-order chi connectivity index (χ0) is 15.4. The number of carbonyl (C=O) groups is 2. The average Bonchev–Trinajstić information content (AvgIpc) is 2.47. The van der Waals surface area contributed by atoms with Gasteiger partial charge in [-0.15, -0.1) is 0 Å². The van der Waals surface area contributed by atoms with Crippen molar-refractivity contribution in [3.05, 3.63) is 17.8 Å². The number of ether oxygens (including phenoxy) is 1. The number of hydrogen-bond acceptors (Lipinski definition) is 6. The van der Waals surface area contributed by atoms with Gasteiger partial charge >= 0.3 is 5.97 Å². The van der Waals surface area contributed by atoms with E-state index in [4.69, 9.17) is 16.2 Å². The number of nitrogens with zero attached hydrogens (tertiary/aromatic N) is 2. The number of nitrogens with two attached hydrogens (primary N) is 2. The molecule has 0 unspecified atom stereocenters. The lowest BCUT2D eigenvalue weighted by Gasteiger charge is -2.33. The molecule has 1 fully saturated rings. The van der Waals surface area contributed by atoms with Crippen LogP contribution in [0.3, 0.4) is 0 Å². The summed E-state index contributed by atoms with van der Waals surface area (Å²) in [5, 5.41) is 0. The molecule has 2 rings (SSSR count). The molecule has 21 heavy (non-hydrogen) atoms. The number of methoxy groups -OCH3 is 1. The van der Waals surface area contributed by atoms with E-state index < -0.39 is 5.97 Å². The van der Waals surface area contributed by atoms with Crippen LogP contribution in [0.15, 0.2) is 12.3 Å². The molecule has 4 N–H and O–H groups in total. The lowest BCUT2D eigenvalue weighted by molar-refractivity contribution is -0.119. The predicted molar refractivity (Wildman–Crippen MR) is 78.7 cm³/mol. The maximum Gasteiger partial charge on any atom is 0.340 e. The van der Waals surface area contributed by atoms with E-state index in [9.17, 15) is 9.59 Å². The number of esters is 1. The molecule has 2 heterocycles. The zero-order valence-electron chi connectivity index (χ0n) is 12.0. The number of nitrogen functional groups attached to an aromatic ring is 1. The molecular weight excluding hydrogens is 272 g/mol. The Bertz CT molecular complexity index is 539. The minimum absolute atomic E-state index is 0.265. The highest BCUT2D eigenvalue weighted by molar-refractivity contribution is 5.97. The molecule has 1 aliphatic heterocycles. The largest absolute Gasteiger partial charge is 0.465 e. The van der Waals surface area contributed by atoms with Crippen molar-refractivity contribution in [1.82, 2.24) is 4.98 Å². The van der Waals surface area contributed by atoms with Crippen molar-refractivity contribution in [3.63, 3.8) is 0 Å². The Morgan fingerprint density at radius 3 is 2.67 bits per heavy atom. The van der Waals surface area contributed by atoms with E-state index >= 15 is 0 Å². The fourth-order valence-electron chi connectivity index (χ4n) is 2.64. The minimum Gasteiger partial charge on any atom is -0.465 e. The van der Waals surface area contributed by atoms with E-state index in [1.54, 1.807) is 12.3 Å². The fourth-order valence-corrected chi connectivity index (χ4v) is 2.64. The summed E-state index contributed by atoms with van der Waals surface area (Å²) in [6, 6.07) is 1.55. The standard InChI is InChI=1S/C14H20N4O3/c1-21-14(20)10-2-5-17-13(12(10)16)18-6-3-9(4-7-18)8-11(15)19/h2,5,9H,3-4,6-8,16H2,1H3,(H2,15,19). The summed E-state index contributed by atoms with van der Waals surface area (Å²) in [5.41, 5.74) is 11.9. The first-order valence-electron chi connectivity index (χ1n) is 6.89. The topological polar surface area (TPSA) is 112 Å². The number of aromatic nitrogens is 1. The number of amides is 1. The normalized spacial score (nSPS) is 15.8. The SMILES string of the molecule is COC(=O)c1ccnc(N2CCC(CC(N)=O)CC2)c1N. The van der Waals surface area contributed by atoms with E-state index in [1.165, 1.54) is 7.11 Å². The summed E-state index contributed by atoms with van der Waals surface area (Å²) >= 11 is 0. The fraction of sp³-hybridized carbons (Fsp3) is 0.500. The van der Waals surface area contributed by atoms with Crippen LogP contribution in [0.4, 0.5) is 11.5 Å². The van der Waals surface area contributed by atoms with Crippen LogP contribution in [0.5, 0.6) is 0 Å². The van der Waals surface area contributed by atoms with E-state index in [1.807, 2.05) is 4.90 Å². The second kappa shape index (κ2) is 6.43. The first kappa shape index (κ1) is 15.1. The first-order chi connectivity index (χ1) is 10.0. The van der Waals surface area contributed by atoms with Gasteiger partial charge in [0.15, 0.2) is 5.82 Å². The van der Waals surface area contributed by atoms with Crippen molar-refractivity contribution in [2.75, 3.05) is 30.8 Å². The molecule has 0 radical (unpaired) electrons. The van der Waals surface area contributed by atoms with E-state index in [-0.39, 0.29) is 5.91 Å². The molecule has 0 saturated carbocycles. The number of anilines is 2. The molecule has 1 amide bonds. The molecule has 0 aromatic carbocycles. The molecular formula is C14H20N4O3. The Hall–Kier alpha value is -2.31. The smallest absolute Gasteiger partial charge is 0.340 e. The van der Waals surface area contributed by atoms with Crippen LogP contribution >= 0.6 is 0 Å². The van der Waals surface area contributed by atoms with Crippen LogP contribution < -0.4 is 16.4 Å². The van der Waals surface area contributed by atoms with Gasteiger partial charge in [0.05, 0.1) is 18.4 Å². The molecule has 0 aliphatic carbocycles. The first-order valence-corrected chi connectivity index (χ1v) is 6.89. The van der Waals surface area contributed by atoms with E-state index in [0.29, 0.717) is 29.4 Å². The lowest BCUT2D eigenvalue weighted by Crippen LogP contribution is -2.36. The molecule has 7 heteroatoms. The summed E-state index contributed by atoms with van der Waals surface area (Å²) < 4.78 is 4.70. The molecule has 0 spiro atoms. The van der Waals surface area contributed by atoms with Gasteiger partial charge in [0.1, 0.15) is 0 Å². The van der Waals surface area contributed by atoms with Gasteiger partial charge in [-0.3, -0.25) is 4.79 Å². The number of rotatable bonds is 4. The molecule has 1 aliphatic rings. The van der Waals surface area contributed by atoms with E-state index in [0.717, 1.165) is 25.9 Å². The molecule has 114 valence electrons. The third kappa shape index (κ3) is 3.42.